The van der Waals surface area contributed by atoms with E-state index in [1.165, 1.54) is 25.7 Å². The van der Waals surface area contributed by atoms with Gasteiger partial charge in [-0.1, -0.05) is 62.6 Å². The molecule has 0 aromatic heterocycles. The third-order valence-electron chi connectivity index (χ3n) is 4.65. The summed E-state index contributed by atoms with van der Waals surface area (Å²) in [5, 5.41) is 17.7. The van der Waals surface area contributed by atoms with Gasteiger partial charge in [-0.15, -0.1) is 0 Å². The summed E-state index contributed by atoms with van der Waals surface area (Å²) in [5.74, 6) is -0.378. The molecule has 1 fully saturated rings. The Bertz CT molecular complexity index is 479. The highest BCUT2D eigenvalue weighted by atomic mass is 16.6. The molecule has 0 radical (unpaired) electrons. The van der Waals surface area contributed by atoms with Crippen molar-refractivity contribution in [3.05, 3.63) is 36.5 Å². The van der Waals surface area contributed by atoms with Crippen molar-refractivity contribution in [3.63, 3.8) is 0 Å². The topological polar surface area (TPSA) is 79.3 Å². The maximum absolute atomic E-state index is 11.5. The molecule has 2 unspecified atom stereocenters. The van der Waals surface area contributed by atoms with Gasteiger partial charge in [-0.25, -0.2) is 0 Å². The summed E-state index contributed by atoms with van der Waals surface area (Å²) in [4.78, 5) is 11.5. The lowest BCUT2D eigenvalue weighted by Gasteiger charge is -2.11. The number of hydrogen-bond donors (Lipinski definition) is 2. The van der Waals surface area contributed by atoms with Crippen molar-refractivity contribution in [1.29, 1.82) is 0 Å². The highest BCUT2D eigenvalue weighted by Gasteiger charge is 2.36. The SMILES string of the molecule is CCCCCC1OC1C/C=C\C/C=C\C/C=C\CCCC(=O)OC(CO)CO. The van der Waals surface area contributed by atoms with Gasteiger partial charge in [-0.05, 0) is 38.5 Å². The van der Waals surface area contributed by atoms with Crippen molar-refractivity contribution in [2.75, 3.05) is 13.2 Å². The van der Waals surface area contributed by atoms with Crippen molar-refractivity contribution < 1.29 is 24.5 Å². The van der Waals surface area contributed by atoms with Crippen molar-refractivity contribution in [1.82, 2.24) is 0 Å². The monoisotopic (exact) mass is 394 g/mol. The van der Waals surface area contributed by atoms with Gasteiger partial charge in [0.05, 0.1) is 25.4 Å². The lowest BCUT2D eigenvalue weighted by atomic mass is 10.1. The summed E-state index contributed by atoms with van der Waals surface area (Å²) in [6.07, 6.45) is 22.8. The minimum Gasteiger partial charge on any atom is -0.457 e. The van der Waals surface area contributed by atoms with Gasteiger partial charge in [-0.2, -0.15) is 0 Å². The Morgan fingerprint density at radius 3 is 2.32 bits per heavy atom. The molecule has 28 heavy (non-hydrogen) atoms. The van der Waals surface area contributed by atoms with Crippen LogP contribution in [0, 0.1) is 0 Å². The van der Waals surface area contributed by atoms with Gasteiger partial charge in [0.2, 0.25) is 0 Å². The molecule has 1 aliphatic rings. The Kier molecular flexibility index (Phi) is 14.5. The molecule has 5 heteroatoms. The van der Waals surface area contributed by atoms with Crippen LogP contribution in [0.25, 0.3) is 0 Å². The molecular formula is C23H38O5. The number of rotatable bonds is 17. The van der Waals surface area contributed by atoms with Crippen LogP contribution in [0.2, 0.25) is 0 Å². The maximum Gasteiger partial charge on any atom is 0.306 e. The molecule has 0 aromatic rings. The first kappa shape index (κ1) is 24.6. The summed E-state index contributed by atoms with van der Waals surface area (Å²) in [5.41, 5.74) is 0. The van der Waals surface area contributed by atoms with E-state index >= 15 is 0 Å². The quantitative estimate of drug-likeness (QED) is 0.167. The van der Waals surface area contributed by atoms with Gasteiger partial charge in [0, 0.05) is 6.42 Å². The highest BCUT2D eigenvalue weighted by Crippen LogP contribution is 2.30. The Morgan fingerprint density at radius 2 is 1.64 bits per heavy atom. The lowest BCUT2D eigenvalue weighted by molar-refractivity contribution is -0.153. The van der Waals surface area contributed by atoms with Gasteiger partial charge in [0.25, 0.3) is 0 Å². The number of carbonyl (C=O) groups is 1. The van der Waals surface area contributed by atoms with Crippen LogP contribution in [0.15, 0.2) is 36.5 Å². The van der Waals surface area contributed by atoms with Crippen molar-refractivity contribution >= 4 is 5.97 Å². The number of epoxide rings is 1. The first-order valence-electron chi connectivity index (χ1n) is 10.7. The maximum atomic E-state index is 11.5. The number of aliphatic hydroxyl groups excluding tert-OH is 2. The number of unbranched alkanes of at least 4 members (excludes halogenated alkanes) is 3. The van der Waals surface area contributed by atoms with Crippen LogP contribution >= 0.6 is 0 Å². The van der Waals surface area contributed by atoms with Crippen LogP contribution < -0.4 is 0 Å². The van der Waals surface area contributed by atoms with E-state index in [9.17, 15) is 4.79 Å². The van der Waals surface area contributed by atoms with E-state index in [0.29, 0.717) is 25.0 Å². The highest BCUT2D eigenvalue weighted by molar-refractivity contribution is 5.69. The molecule has 0 bridgehead atoms. The molecule has 0 spiro atoms. The molecule has 0 saturated carbocycles. The van der Waals surface area contributed by atoms with E-state index in [-0.39, 0.29) is 19.2 Å². The zero-order chi connectivity index (χ0) is 20.5. The molecule has 2 N–H and O–H groups in total. The minimum atomic E-state index is -0.800. The average Bonchev–Trinajstić information content (AvgIpc) is 3.45. The summed E-state index contributed by atoms with van der Waals surface area (Å²) >= 11 is 0. The van der Waals surface area contributed by atoms with E-state index in [4.69, 9.17) is 19.7 Å². The second kappa shape index (κ2) is 16.5. The van der Waals surface area contributed by atoms with Gasteiger partial charge in [0.1, 0.15) is 6.10 Å². The molecule has 2 atom stereocenters. The number of hydrogen-bond acceptors (Lipinski definition) is 5. The number of carbonyl (C=O) groups excluding carboxylic acids is 1. The number of allylic oxidation sites excluding steroid dienone is 5. The smallest absolute Gasteiger partial charge is 0.306 e. The Balaban J connectivity index is 1.93. The van der Waals surface area contributed by atoms with E-state index in [1.807, 2.05) is 0 Å². The molecule has 0 aromatic carbocycles. The molecule has 1 saturated heterocycles. The van der Waals surface area contributed by atoms with Gasteiger partial charge < -0.3 is 19.7 Å². The summed E-state index contributed by atoms with van der Waals surface area (Å²) in [6.45, 7) is 1.53. The number of aliphatic hydroxyl groups is 2. The van der Waals surface area contributed by atoms with Crippen LogP contribution in [-0.2, 0) is 14.3 Å². The zero-order valence-corrected chi connectivity index (χ0v) is 17.3. The molecule has 1 heterocycles. The molecule has 1 rings (SSSR count). The molecule has 1 aliphatic heterocycles. The van der Waals surface area contributed by atoms with E-state index < -0.39 is 6.10 Å². The van der Waals surface area contributed by atoms with Crippen molar-refractivity contribution in [2.45, 2.75) is 89.4 Å². The predicted octanol–water partition coefficient (Wildman–Crippen LogP) is 4.24. The first-order valence-corrected chi connectivity index (χ1v) is 10.7. The Morgan fingerprint density at radius 1 is 0.964 bits per heavy atom. The van der Waals surface area contributed by atoms with Crippen LogP contribution in [0.3, 0.4) is 0 Å². The third-order valence-corrected chi connectivity index (χ3v) is 4.65. The van der Waals surface area contributed by atoms with E-state index in [1.54, 1.807) is 0 Å². The largest absolute Gasteiger partial charge is 0.457 e. The van der Waals surface area contributed by atoms with Crippen LogP contribution in [-0.4, -0.2) is 47.7 Å². The average molecular weight is 395 g/mol. The van der Waals surface area contributed by atoms with Crippen LogP contribution in [0.1, 0.15) is 71.1 Å². The third kappa shape index (κ3) is 12.9. The van der Waals surface area contributed by atoms with Crippen molar-refractivity contribution in [3.8, 4) is 0 Å². The second-order valence-corrected chi connectivity index (χ2v) is 7.20. The van der Waals surface area contributed by atoms with Gasteiger partial charge in [-0.3, -0.25) is 4.79 Å². The fraction of sp³-hybridized carbons (Fsp3) is 0.696. The lowest BCUT2D eigenvalue weighted by Crippen LogP contribution is -2.25. The molecule has 0 amide bonds. The normalized spacial score (nSPS) is 19.4. The zero-order valence-electron chi connectivity index (χ0n) is 17.3. The van der Waals surface area contributed by atoms with Gasteiger partial charge in [0.15, 0.2) is 0 Å². The van der Waals surface area contributed by atoms with Gasteiger partial charge >= 0.3 is 5.97 Å². The van der Waals surface area contributed by atoms with E-state index in [0.717, 1.165) is 25.7 Å². The molecule has 5 nitrogen and oxygen atoms in total. The first-order chi connectivity index (χ1) is 13.7. The number of esters is 1. The summed E-state index contributed by atoms with van der Waals surface area (Å²) in [7, 11) is 0. The Labute approximate surface area is 170 Å². The standard InChI is InChI=1S/C23H38O5/c1-2-3-12-15-21-22(28-21)16-13-10-8-6-4-5-7-9-11-14-17-23(26)27-20(18-24)19-25/h4,6-7,9-10,13,20-22,24-25H,2-3,5,8,11-12,14-19H2,1H3/b6-4-,9-7-,13-10-. The van der Waals surface area contributed by atoms with Crippen molar-refractivity contribution in [2.24, 2.45) is 0 Å². The Hall–Kier alpha value is -1.43. The predicted molar refractivity (Wildman–Crippen MR) is 112 cm³/mol. The minimum absolute atomic E-state index is 0.297. The second-order valence-electron chi connectivity index (χ2n) is 7.20. The molecular weight excluding hydrogens is 356 g/mol. The fourth-order valence-corrected chi connectivity index (χ4v) is 2.87. The fourth-order valence-electron chi connectivity index (χ4n) is 2.87. The molecule has 0 aliphatic carbocycles. The molecule has 160 valence electrons. The van der Waals surface area contributed by atoms with Crippen LogP contribution in [0.5, 0.6) is 0 Å². The van der Waals surface area contributed by atoms with Crippen LogP contribution in [0.4, 0.5) is 0 Å². The summed E-state index contributed by atoms with van der Waals surface area (Å²) in [6, 6.07) is 0. The summed E-state index contributed by atoms with van der Waals surface area (Å²) < 4.78 is 10.6. The van der Waals surface area contributed by atoms with E-state index in [2.05, 4.69) is 43.4 Å². The number of ether oxygens (including phenoxy) is 2.